The van der Waals surface area contributed by atoms with Crippen molar-refractivity contribution in [3.05, 3.63) is 0 Å². The molecule has 14 heavy (non-hydrogen) atoms. The van der Waals surface area contributed by atoms with Crippen molar-refractivity contribution in [2.75, 3.05) is 33.8 Å². The summed E-state index contributed by atoms with van der Waals surface area (Å²) in [5.74, 6) is -0.346. The van der Waals surface area contributed by atoms with E-state index in [1.165, 1.54) is 0 Å². The van der Waals surface area contributed by atoms with Crippen molar-refractivity contribution in [2.24, 2.45) is 0 Å². The Hall–Kier alpha value is 0.347. The Balaban J connectivity index is 3.82. The Kier molecular flexibility index (Phi) is 8.85. The second-order valence-electron chi connectivity index (χ2n) is 2.77. The lowest BCUT2D eigenvalue weighted by molar-refractivity contribution is -0.339. The molecule has 0 saturated carbocycles. The predicted molar refractivity (Wildman–Crippen MR) is 58.4 cm³/mol. The molecule has 0 aromatic heterocycles. The van der Waals surface area contributed by atoms with Gasteiger partial charge in [-0.1, -0.05) is 0 Å². The van der Waals surface area contributed by atoms with Crippen LogP contribution >= 0.6 is 11.6 Å². The van der Waals surface area contributed by atoms with E-state index in [0.29, 0.717) is 5.88 Å². The van der Waals surface area contributed by atoms with Gasteiger partial charge < -0.3 is 18.6 Å². The molecule has 0 fully saturated rings. The van der Waals surface area contributed by atoms with Crippen LogP contribution in [0.5, 0.6) is 0 Å². The van der Waals surface area contributed by atoms with Crippen molar-refractivity contribution in [1.82, 2.24) is 0 Å². The molecule has 0 atom stereocenters. The van der Waals surface area contributed by atoms with Crippen LogP contribution in [0.15, 0.2) is 0 Å². The lowest BCUT2D eigenvalue weighted by Crippen LogP contribution is -2.42. The summed E-state index contributed by atoms with van der Waals surface area (Å²) in [4.78, 5) is 0. The van der Waals surface area contributed by atoms with Crippen molar-refractivity contribution < 1.29 is 18.6 Å². The van der Waals surface area contributed by atoms with Crippen molar-refractivity contribution in [1.29, 1.82) is 0 Å². The second-order valence-corrected chi connectivity index (χ2v) is 4.55. The molecule has 86 valence electrons. The van der Waals surface area contributed by atoms with E-state index < -0.39 is 15.7 Å². The van der Waals surface area contributed by atoms with Crippen molar-refractivity contribution in [3.8, 4) is 0 Å². The molecule has 0 aliphatic rings. The third kappa shape index (κ3) is 5.28. The van der Waals surface area contributed by atoms with Gasteiger partial charge in [0.25, 0.3) is 5.97 Å². The number of rotatable bonds is 9. The van der Waals surface area contributed by atoms with E-state index in [4.69, 9.17) is 30.2 Å². The number of alkyl halides is 1. The van der Waals surface area contributed by atoms with E-state index in [1.807, 2.05) is 0 Å². The van der Waals surface area contributed by atoms with Gasteiger partial charge in [0.2, 0.25) is 0 Å². The second kappa shape index (κ2) is 8.64. The molecule has 0 bridgehead atoms. The van der Waals surface area contributed by atoms with Gasteiger partial charge in [-0.25, -0.2) is 0 Å². The van der Waals surface area contributed by atoms with E-state index >= 15 is 0 Å². The van der Waals surface area contributed by atoms with Crippen LogP contribution < -0.4 is 0 Å². The molecule has 0 N–H and O–H groups in total. The first-order chi connectivity index (χ1) is 6.74. The van der Waals surface area contributed by atoms with Gasteiger partial charge in [-0.05, 0) is 12.5 Å². The molecule has 0 aliphatic carbocycles. The fraction of sp³-hybridized carbons (Fsp3) is 1.00. The van der Waals surface area contributed by atoms with Gasteiger partial charge >= 0.3 is 0 Å². The fourth-order valence-electron chi connectivity index (χ4n) is 0.962. The predicted octanol–water partition coefficient (Wildman–Crippen LogP) is 0.727. The van der Waals surface area contributed by atoms with E-state index in [9.17, 15) is 0 Å². The minimum absolute atomic E-state index is 0.272. The van der Waals surface area contributed by atoms with Crippen LogP contribution in [-0.2, 0) is 18.6 Å². The third-order valence-corrected chi connectivity index (χ3v) is 3.49. The van der Waals surface area contributed by atoms with Crippen molar-refractivity contribution in [3.63, 3.8) is 0 Å². The molecule has 0 unspecified atom stereocenters. The van der Waals surface area contributed by atoms with Crippen LogP contribution in [0.3, 0.4) is 0 Å². The molecule has 6 heteroatoms. The molecule has 0 aromatic rings. The van der Waals surface area contributed by atoms with E-state index in [0.717, 1.165) is 12.5 Å². The fourth-order valence-corrected chi connectivity index (χ4v) is 2.70. The molecular formula is C8H19ClO4Si. The summed E-state index contributed by atoms with van der Waals surface area (Å²) in [6.45, 7) is 0.272. The highest BCUT2D eigenvalue weighted by Gasteiger charge is 2.30. The molecule has 0 spiro atoms. The zero-order valence-electron chi connectivity index (χ0n) is 9.05. The van der Waals surface area contributed by atoms with Gasteiger partial charge in [0.15, 0.2) is 9.76 Å². The maximum Gasteiger partial charge on any atom is 0.297 e. The van der Waals surface area contributed by atoms with Crippen LogP contribution in [0.25, 0.3) is 0 Å². The molecular weight excluding hydrogens is 224 g/mol. The summed E-state index contributed by atoms with van der Waals surface area (Å²) >= 11 is 5.56. The molecule has 0 saturated heterocycles. The Morgan fingerprint density at radius 1 is 1.21 bits per heavy atom. The standard InChI is InChI=1S/C8H19ClO4Si/c1-10-7-8(11-2,12-3)13-14-6-4-5-9/h4-7,14H2,1-3H3. The summed E-state index contributed by atoms with van der Waals surface area (Å²) in [5.41, 5.74) is 0. The van der Waals surface area contributed by atoms with Crippen LogP contribution in [-0.4, -0.2) is 49.6 Å². The minimum Gasteiger partial charge on any atom is -0.376 e. The molecule has 4 nitrogen and oxygen atoms in total. The van der Waals surface area contributed by atoms with Crippen LogP contribution in [0, 0.1) is 0 Å². The van der Waals surface area contributed by atoms with E-state index in [1.54, 1.807) is 21.3 Å². The molecule has 0 rings (SSSR count). The number of ether oxygens (including phenoxy) is 3. The van der Waals surface area contributed by atoms with Crippen molar-refractivity contribution >= 4 is 21.4 Å². The summed E-state index contributed by atoms with van der Waals surface area (Å²) in [7, 11) is 4.00. The first kappa shape index (κ1) is 14.3. The van der Waals surface area contributed by atoms with Crippen molar-refractivity contribution in [2.45, 2.75) is 18.4 Å². The Labute approximate surface area is 92.7 Å². The van der Waals surface area contributed by atoms with Gasteiger partial charge in [-0.2, -0.15) is 0 Å². The molecule has 0 aliphatic heterocycles. The molecule has 0 amide bonds. The van der Waals surface area contributed by atoms with Crippen LogP contribution in [0.2, 0.25) is 6.04 Å². The smallest absolute Gasteiger partial charge is 0.297 e. The highest BCUT2D eigenvalue weighted by molar-refractivity contribution is 6.27. The SMILES string of the molecule is COCC(OC)(OC)O[SiH2]CCCCl. The largest absolute Gasteiger partial charge is 0.376 e. The lowest BCUT2D eigenvalue weighted by Gasteiger charge is -2.29. The minimum atomic E-state index is -1.02. The monoisotopic (exact) mass is 242 g/mol. The number of hydrogen-bond acceptors (Lipinski definition) is 4. The van der Waals surface area contributed by atoms with Crippen LogP contribution in [0.4, 0.5) is 0 Å². The number of hydrogen-bond donors (Lipinski definition) is 0. The highest BCUT2D eigenvalue weighted by atomic mass is 35.5. The maximum atomic E-state index is 5.58. The maximum absolute atomic E-state index is 5.58. The summed E-state index contributed by atoms with van der Waals surface area (Å²) < 4.78 is 20.8. The zero-order valence-corrected chi connectivity index (χ0v) is 11.2. The Morgan fingerprint density at radius 2 is 1.86 bits per heavy atom. The molecule has 0 radical (unpaired) electrons. The van der Waals surface area contributed by atoms with Gasteiger partial charge in [0.1, 0.15) is 6.61 Å². The zero-order chi connectivity index (χ0) is 10.9. The number of methoxy groups -OCH3 is 3. The number of halogens is 1. The highest BCUT2D eigenvalue weighted by Crippen LogP contribution is 2.13. The summed E-state index contributed by atoms with van der Waals surface area (Å²) in [6.07, 6.45) is 0.976. The summed E-state index contributed by atoms with van der Waals surface area (Å²) in [5, 5.41) is 0. The van der Waals surface area contributed by atoms with Crippen LogP contribution in [0.1, 0.15) is 6.42 Å². The van der Waals surface area contributed by atoms with Gasteiger partial charge in [-0.3, -0.25) is 0 Å². The Morgan fingerprint density at radius 3 is 2.29 bits per heavy atom. The first-order valence-electron chi connectivity index (χ1n) is 4.54. The third-order valence-electron chi connectivity index (χ3n) is 1.79. The average molecular weight is 243 g/mol. The first-order valence-corrected chi connectivity index (χ1v) is 6.65. The molecule has 0 heterocycles. The average Bonchev–Trinajstić information content (AvgIpc) is 2.23. The Bertz CT molecular complexity index is 133. The lowest BCUT2D eigenvalue weighted by atomic mass is 10.6. The van der Waals surface area contributed by atoms with E-state index in [2.05, 4.69) is 0 Å². The van der Waals surface area contributed by atoms with E-state index in [-0.39, 0.29) is 6.61 Å². The topological polar surface area (TPSA) is 36.9 Å². The van der Waals surface area contributed by atoms with Gasteiger partial charge in [-0.15, -0.1) is 11.6 Å². The van der Waals surface area contributed by atoms with Gasteiger partial charge in [0, 0.05) is 27.2 Å². The quantitative estimate of drug-likeness (QED) is 0.259. The summed E-state index contributed by atoms with van der Waals surface area (Å²) in [6, 6.07) is 1.02. The molecule has 0 aromatic carbocycles. The van der Waals surface area contributed by atoms with Gasteiger partial charge in [0.05, 0.1) is 0 Å². The normalized spacial score (nSPS) is 12.9.